The van der Waals surface area contributed by atoms with Gasteiger partial charge < -0.3 is 20.7 Å². The van der Waals surface area contributed by atoms with Crippen molar-refractivity contribution in [2.45, 2.75) is 58.6 Å². The number of hydrogen-bond acceptors (Lipinski definition) is 6. The first-order valence-corrected chi connectivity index (χ1v) is 9.69. The van der Waals surface area contributed by atoms with Gasteiger partial charge in [-0.2, -0.15) is 0 Å². The van der Waals surface area contributed by atoms with Crippen LogP contribution in [-0.2, 0) is 14.3 Å². The van der Waals surface area contributed by atoms with E-state index in [1.54, 1.807) is 6.20 Å². The molecule has 0 unspecified atom stereocenters. The first-order valence-electron chi connectivity index (χ1n) is 9.69. The van der Waals surface area contributed by atoms with Crippen molar-refractivity contribution in [1.29, 1.82) is 0 Å². The highest BCUT2D eigenvalue weighted by molar-refractivity contribution is 5.79. The van der Waals surface area contributed by atoms with Crippen LogP contribution in [0.1, 0.15) is 45.2 Å². The molecule has 2 amide bonds. The SMILES string of the molecule is CCCO[C@@H]1C[C@@H](C(=O)NCCNC(C)=O)CC[C@H]1Nc1nccc(C)n1. The molecule has 8 nitrogen and oxygen atoms in total. The van der Waals surface area contributed by atoms with Crippen LogP contribution in [0.25, 0.3) is 0 Å². The van der Waals surface area contributed by atoms with E-state index in [2.05, 4.69) is 32.8 Å². The summed E-state index contributed by atoms with van der Waals surface area (Å²) in [5.41, 5.74) is 0.908. The minimum Gasteiger partial charge on any atom is -0.376 e. The summed E-state index contributed by atoms with van der Waals surface area (Å²) in [7, 11) is 0. The minimum absolute atomic E-state index is 0.0238. The Morgan fingerprint density at radius 1 is 1.26 bits per heavy atom. The van der Waals surface area contributed by atoms with Crippen molar-refractivity contribution >= 4 is 17.8 Å². The van der Waals surface area contributed by atoms with E-state index in [4.69, 9.17) is 4.74 Å². The predicted octanol–water partition coefficient (Wildman–Crippen LogP) is 1.41. The molecule has 0 aliphatic heterocycles. The lowest BCUT2D eigenvalue weighted by molar-refractivity contribution is -0.128. The number of aromatic nitrogens is 2. The second-order valence-electron chi connectivity index (χ2n) is 6.97. The fraction of sp³-hybridized carbons (Fsp3) is 0.684. The van der Waals surface area contributed by atoms with Gasteiger partial charge in [-0.1, -0.05) is 6.92 Å². The largest absolute Gasteiger partial charge is 0.376 e. The molecule has 2 rings (SSSR count). The molecule has 1 aliphatic carbocycles. The van der Waals surface area contributed by atoms with Crippen LogP contribution in [-0.4, -0.2) is 53.6 Å². The molecule has 3 atom stereocenters. The summed E-state index contributed by atoms with van der Waals surface area (Å²) in [6.07, 6.45) is 4.86. The molecule has 0 bridgehead atoms. The standard InChI is InChI=1S/C19H31N5O3/c1-4-11-27-17-12-15(18(26)21-10-9-20-14(3)25)5-6-16(17)24-19-22-8-7-13(2)23-19/h7-8,15-17H,4-6,9-12H2,1-3H3,(H,20,25)(H,21,26)(H,22,23,24)/t15-,16+,17+/m0/s1. The van der Waals surface area contributed by atoms with E-state index in [0.717, 1.165) is 25.0 Å². The number of carbonyl (C=O) groups is 2. The topological polar surface area (TPSA) is 105 Å². The van der Waals surface area contributed by atoms with E-state index in [0.29, 0.717) is 32.1 Å². The highest BCUT2D eigenvalue weighted by atomic mass is 16.5. The molecular formula is C19H31N5O3. The molecule has 1 saturated carbocycles. The Morgan fingerprint density at radius 3 is 2.74 bits per heavy atom. The van der Waals surface area contributed by atoms with Crippen molar-refractivity contribution < 1.29 is 14.3 Å². The second kappa shape index (κ2) is 10.8. The van der Waals surface area contributed by atoms with E-state index < -0.39 is 0 Å². The summed E-state index contributed by atoms with van der Waals surface area (Å²) in [4.78, 5) is 32.0. The summed E-state index contributed by atoms with van der Waals surface area (Å²) in [6.45, 7) is 7.01. The first kappa shape index (κ1) is 21.1. The number of anilines is 1. The number of hydrogen-bond donors (Lipinski definition) is 3. The van der Waals surface area contributed by atoms with Crippen LogP contribution in [0, 0.1) is 12.8 Å². The van der Waals surface area contributed by atoms with Gasteiger partial charge in [0.1, 0.15) is 0 Å². The van der Waals surface area contributed by atoms with Crippen LogP contribution >= 0.6 is 0 Å². The maximum atomic E-state index is 12.4. The second-order valence-corrected chi connectivity index (χ2v) is 6.97. The van der Waals surface area contributed by atoms with Crippen LogP contribution in [0.5, 0.6) is 0 Å². The number of rotatable bonds is 9. The highest BCUT2D eigenvalue weighted by Gasteiger charge is 2.34. The van der Waals surface area contributed by atoms with E-state index in [1.165, 1.54) is 6.92 Å². The Labute approximate surface area is 160 Å². The van der Waals surface area contributed by atoms with Crippen molar-refractivity contribution in [2.75, 3.05) is 25.0 Å². The van der Waals surface area contributed by atoms with Crippen molar-refractivity contribution in [1.82, 2.24) is 20.6 Å². The molecule has 1 aromatic heterocycles. The van der Waals surface area contributed by atoms with Crippen molar-refractivity contribution in [3.63, 3.8) is 0 Å². The lowest BCUT2D eigenvalue weighted by Gasteiger charge is -2.36. The average Bonchev–Trinajstić information content (AvgIpc) is 2.64. The smallest absolute Gasteiger partial charge is 0.223 e. The monoisotopic (exact) mass is 377 g/mol. The summed E-state index contributed by atoms with van der Waals surface area (Å²) in [5, 5.41) is 8.96. The number of nitrogens with one attached hydrogen (secondary N) is 3. The highest BCUT2D eigenvalue weighted by Crippen LogP contribution is 2.29. The number of amides is 2. The maximum absolute atomic E-state index is 12.4. The summed E-state index contributed by atoms with van der Waals surface area (Å²) in [6, 6.07) is 1.94. The predicted molar refractivity (Wildman–Crippen MR) is 103 cm³/mol. The fourth-order valence-corrected chi connectivity index (χ4v) is 3.24. The molecule has 0 radical (unpaired) electrons. The van der Waals surface area contributed by atoms with Gasteiger partial charge in [0.15, 0.2) is 0 Å². The molecule has 0 saturated heterocycles. The summed E-state index contributed by atoms with van der Waals surface area (Å²) in [5.74, 6) is 0.446. The number of ether oxygens (including phenoxy) is 1. The average molecular weight is 377 g/mol. The van der Waals surface area contributed by atoms with Crippen LogP contribution in [0.3, 0.4) is 0 Å². The molecule has 1 fully saturated rings. The van der Waals surface area contributed by atoms with Crippen molar-refractivity contribution in [3.8, 4) is 0 Å². The van der Waals surface area contributed by atoms with E-state index in [1.807, 2.05) is 13.0 Å². The Kier molecular flexibility index (Phi) is 8.44. The summed E-state index contributed by atoms with van der Waals surface area (Å²) >= 11 is 0. The van der Waals surface area contributed by atoms with E-state index >= 15 is 0 Å². The number of aryl methyl sites for hydroxylation is 1. The zero-order valence-corrected chi connectivity index (χ0v) is 16.5. The van der Waals surface area contributed by atoms with Gasteiger partial charge in [0.25, 0.3) is 0 Å². The third kappa shape index (κ3) is 7.13. The quantitative estimate of drug-likeness (QED) is 0.562. The zero-order valence-electron chi connectivity index (χ0n) is 16.5. The number of carbonyl (C=O) groups excluding carboxylic acids is 2. The Hall–Kier alpha value is -2.22. The first-order chi connectivity index (χ1) is 13.0. The third-order valence-corrected chi connectivity index (χ3v) is 4.61. The lowest BCUT2D eigenvalue weighted by Crippen LogP contribution is -2.46. The van der Waals surface area contributed by atoms with E-state index in [-0.39, 0.29) is 29.9 Å². The molecule has 27 heavy (non-hydrogen) atoms. The van der Waals surface area contributed by atoms with Crippen molar-refractivity contribution in [3.05, 3.63) is 18.0 Å². The molecular weight excluding hydrogens is 346 g/mol. The number of nitrogens with zero attached hydrogens (tertiary/aromatic N) is 2. The van der Waals surface area contributed by atoms with Gasteiger partial charge in [-0.05, 0) is 38.7 Å². The van der Waals surface area contributed by atoms with Gasteiger partial charge in [-0.3, -0.25) is 9.59 Å². The molecule has 8 heteroatoms. The zero-order chi connectivity index (χ0) is 19.6. The molecule has 1 aromatic rings. The van der Waals surface area contributed by atoms with Crippen LogP contribution in [0.4, 0.5) is 5.95 Å². The van der Waals surface area contributed by atoms with Gasteiger partial charge >= 0.3 is 0 Å². The maximum Gasteiger partial charge on any atom is 0.223 e. The lowest BCUT2D eigenvalue weighted by atomic mass is 9.83. The third-order valence-electron chi connectivity index (χ3n) is 4.61. The van der Waals surface area contributed by atoms with Gasteiger partial charge in [-0.15, -0.1) is 0 Å². The fourth-order valence-electron chi connectivity index (χ4n) is 3.24. The van der Waals surface area contributed by atoms with Gasteiger partial charge in [-0.25, -0.2) is 9.97 Å². The normalized spacial score (nSPS) is 22.1. The Balaban J connectivity index is 1.90. The summed E-state index contributed by atoms with van der Waals surface area (Å²) < 4.78 is 6.03. The Bertz CT molecular complexity index is 625. The van der Waals surface area contributed by atoms with Crippen molar-refractivity contribution in [2.24, 2.45) is 5.92 Å². The van der Waals surface area contributed by atoms with Crippen LogP contribution in [0.15, 0.2) is 12.3 Å². The molecule has 0 aromatic carbocycles. The molecule has 0 spiro atoms. The van der Waals surface area contributed by atoms with Crippen LogP contribution < -0.4 is 16.0 Å². The molecule has 1 aliphatic rings. The molecule has 150 valence electrons. The molecule has 3 N–H and O–H groups in total. The van der Waals surface area contributed by atoms with Crippen LogP contribution in [0.2, 0.25) is 0 Å². The minimum atomic E-state index is -0.0952. The van der Waals surface area contributed by atoms with Gasteiger partial charge in [0.05, 0.1) is 12.1 Å². The van der Waals surface area contributed by atoms with Gasteiger partial charge in [0, 0.05) is 44.4 Å². The van der Waals surface area contributed by atoms with E-state index in [9.17, 15) is 9.59 Å². The molecule has 1 heterocycles. The Morgan fingerprint density at radius 2 is 2.04 bits per heavy atom. The van der Waals surface area contributed by atoms with Gasteiger partial charge in [0.2, 0.25) is 17.8 Å².